The van der Waals surface area contributed by atoms with E-state index in [0.717, 1.165) is 6.07 Å². The lowest BCUT2D eigenvalue weighted by Gasteiger charge is -2.15. The summed E-state index contributed by atoms with van der Waals surface area (Å²) in [4.78, 5) is 11.5. The van der Waals surface area contributed by atoms with Gasteiger partial charge in [0.15, 0.2) is 0 Å². The van der Waals surface area contributed by atoms with Crippen LogP contribution in [0.2, 0.25) is 5.02 Å². The van der Waals surface area contributed by atoms with Gasteiger partial charge >= 0.3 is 12.1 Å². The first-order valence-corrected chi connectivity index (χ1v) is 8.11. The number of carboxylic acids is 1. The Morgan fingerprint density at radius 3 is 2.73 bits per heavy atom. The molecule has 0 aromatic heterocycles. The molecule has 1 aliphatic heterocycles. The molecule has 1 aliphatic carbocycles. The van der Waals surface area contributed by atoms with Crippen LogP contribution >= 0.6 is 11.6 Å². The fourth-order valence-corrected chi connectivity index (χ4v) is 3.57. The van der Waals surface area contributed by atoms with Gasteiger partial charge in [-0.2, -0.15) is 13.2 Å². The van der Waals surface area contributed by atoms with Crippen molar-refractivity contribution in [3.05, 3.63) is 52.0 Å². The number of benzene rings is 2. The maximum atomic E-state index is 12.9. The molecule has 1 heterocycles. The van der Waals surface area contributed by atoms with Crippen LogP contribution in [0.1, 0.15) is 23.1 Å². The Hall–Kier alpha value is -2.41. The van der Waals surface area contributed by atoms with Crippen molar-refractivity contribution in [2.45, 2.75) is 31.0 Å². The van der Waals surface area contributed by atoms with E-state index in [2.05, 4.69) is 0 Å². The second-order valence-corrected chi connectivity index (χ2v) is 6.77. The largest absolute Gasteiger partial charge is 0.488 e. The molecule has 2 aromatic carbocycles. The van der Waals surface area contributed by atoms with Crippen molar-refractivity contribution in [2.75, 3.05) is 0 Å². The van der Waals surface area contributed by atoms with Gasteiger partial charge in [0.25, 0.3) is 0 Å². The monoisotopic (exact) mass is 384 g/mol. The van der Waals surface area contributed by atoms with Gasteiger partial charge in [-0.25, -0.2) is 0 Å². The number of halogens is 4. The first kappa shape index (κ1) is 17.0. The highest BCUT2D eigenvalue weighted by molar-refractivity contribution is 6.32. The number of carboxylic acid groups (broad SMARTS) is 1. The zero-order chi connectivity index (χ0) is 18.9. The molecule has 0 saturated heterocycles. The number of alkyl halides is 3. The van der Waals surface area contributed by atoms with Crippen molar-refractivity contribution < 1.29 is 32.5 Å². The van der Waals surface area contributed by atoms with Gasteiger partial charge in [-0.3, -0.25) is 4.79 Å². The van der Waals surface area contributed by atoms with E-state index < -0.39 is 28.1 Å². The van der Waals surface area contributed by atoms with E-state index in [1.54, 1.807) is 12.1 Å². The van der Waals surface area contributed by atoms with Crippen molar-refractivity contribution >= 4 is 17.6 Å². The summed E-state index contributed by atoms with van der Waals surface area (Å²) in [6.07, 6.45) is -4.50. The maximum Gasteiger partial charge on any atom is 0.417 e. The van der Waals surface area contributed by atoms with Crippen LogP contribution in [0.3, 0.4) is 0 Å². The molecule has 2 aliphatic rings. The normalized spacial score (nSPS) is 23.0. The standard InChI is InChI=1S/C18H12ClF3O4/c1-8-12(5-4-11(15(8)19)18(20,21)22)25-9-2-3-10-13(6-9)26-14-7-17(10,14)16(23)24/h2-6,14H,7H2,1H3,(H,23,24). The molecule has 0 radical (unpaired) electrons. The summed E-state index contributed by atoms with van der Waals surface area (Å²) >= 11 is 5.83. The molecule has 4 rings (SSSR count). The van der Waals surface area contributed by atoms with E-state index in [1.807, 2.05) is 0 Å². The Bertz CT molecular complexity index is 941. The predicted octanol–water partition coefficient (Wildman–Crippen LogP) is 4.95. The Morgan fingerprint density at radius 2 is 2.08 bits per heavy atom. The second-order valence-electron chi connectivity index (χ2n) is 6.40. The van der Waals surface area contributed by atoms with E-state index in [0.29, 0.717) is 23.5 Å². The van der Waals surface area contributed by atoms with Crippen molar-refractivity contribution in [3.8, 4) is 17.2 Å². The van der Waals surface area contributed by atoms with E-state index in [-0.39, 0.29) is 17.4 Å². The van der Waals surface area contributed by atoms with Crippen LogP contribution in [-0.4, -0.2) is 17.2 Å². The quantitative estimate of drug-likeness (QED) is 0.813. The average Bonchev–Trinajstić information content (AvgIpc) is 3.18. The molecule has 1 fully saturated rings. The van der Waals surface area contributed by atoms with Gasteiger partial charge in [-0.15, -0.1) is 0 Å². The van der Waals surface area contributed by atoms with Gasteiger partial charge in [-0.05, 0) is 25.1 Å². The number of ether oxygens (including phenoxy) is 2. The average molecular weight is 385 g/mol. The summed E-state index contributed by atoms with van der Waals surface area (Å²) in [6, 6.07) is 6.79. The molecular weight excluding hydrogens is 373 g/mol. The fraction of sp³-hybridized carbons (Fsp3) is 0.278. The zero-order valence-electron chi connectivity index (χ0n) is 13.4. The Labute approximate surface area is 151 Å². The lowest BCUT2D eigenvalue weighted by molar-refractivity contribution is -0.140. The first-order chi connectivity index (χ1) is 12.1. The van der Waals surface area contributed by atoms with Crippen LogP contribution in [0.25, 0.3) is 0 Å². The van der Waals surface area contributed by atoms with Gasteiger partial charge < -0.3 is 14.6 Å². The number of fused-ring (bicyclic) bond motifs is 3. The Balaban J connectivity index is 1.64. The number of rotatable bonds is 3. The van der Waals surface area contributed by atoms with Crippen molar-refractivity contribution in [1.29, 1.82) is 0 Å². The SMILES string of the molecule is Cc1c(Oc2ccc3c(c2)OC2CC32C(=O)O)ccc(C(F)(F)F)c1Cl. The van der Waals surface area contributed by atoms with E-state index in [9.17, 15) is 23.1 Å². The van der Waals surface area contributed by atoms with E-state index in [4.69, 9.17) is 21.1 Å². The molecular formula is C18H12ClF3O4. The molecule has 0 spiro atoms. The van der Waals surface area contributed by atoms with Crippen LogP contribution in [0.15, 0.2) is 30.3 Å². The third-order valence-corrected chi connectivity index (χ3v) is 5.34. The highest BCUT2D eigenvalue weighted by Crippen LogP contribution is 2.59. The number of hydrogen-bond acceptors (Lipinski definition) is 3. The molecule has 1 N–H and O–H groups in total. The molecule has 1 saturated carbocycles. The van der Waals surface area contributed by atoms with Crippen molar-refractivity contribution in [3.63, 3.8) is 0 Å². The summed E-state index contributed by atoms with van der Waals surface area (Å²) in [5, 5.41) is 8.99. The third-order valence-electron chi connectivity index (χ3n) is 4.85. The van der Waals surface area contributed by atoms with Crippen molar-refractivity contribution in [1.82, 2.24) is 0 Å². The summed E-state index contributed by atoms with van der Waals surface area (Å²) in [7, 11) is 0. The van der Waals surface area contributed by atoms with Gasteiger partial charge in [0, 0.05) is 23.6 Å². The van der Waals surface area contributed by atoms with Gasteiger partial charge in [0.05, 0.1) is 10.6 Å². The molecule has 136 valence electrons. The minimum Gasteiger partial charge on any atom is -0.488 e. The Morgan fingerprint density at radius 1 is 1.35 bits per heavy atom. The van der Waals surface area contributed by atoms with Crippen LogP contribution in [0.4, 0.5) is 13.2 Å². The molecule has 0 amide bonds. The lowest BCUT2D eigenvalue weighted by atomic mass is 9.96. The molecule has 2 atom stereocenters. The minimum absolute atomic E-state index is 0.160. The van der Waals surface area contributed by atoms with Gasteiger partial charge in [-0.1, -0.05) is 17.7 Å². The second kappa shape index (κ2) is 5.30. The first-order valence-electron chi connectivity index (χ1n) is 7.73. The number of hydrogen-bond donors (Lipinski definition) is 1. The van der Waals surface area contributed by atoms with Crippen LogP contribution in [-0.2, 0) is 16.4 Å². The molecule has 4 nitrogen and oxygen atoms in total. The van der Waals surface area contributed by atoms with Crippen LogP contribution in [0.5, 0.6) is 17.2 Å². The summed E-state index contributed by atoms with van der Waals surface area (Å²) in [5.41, 5.74) is -1.16. The lowest BCUT2D eigenvalue weighted by Crippen LogP contribution is -2.21. The maximum absolute atomic E-state index is 12.9. The molecule has 2 aromatic rings. The van der Waals surface area contributed by atoms with E-state index >= 15 is 0 Å². The molecule has 26 heavy (non-hydrogen) atoms. The highest BCUT2D eigenvalue weighted by atomic mass is 35.5. The number of aliphatic carboxylic acids is 1. The van der Waals surface area contributed by atoms with Gasteiger partial charge in [0.1, 0.15) is 28.8 Å². The summed E-state index contributed by atoms with van der Waals surface area (Å²) in [5.74, 6) is -0.0133. The predicted molar refractivity (Wildman–Crippen MR) is 86.1 cm³/mol. The summed E-state index contributed by atoms with van der Waals surface area (Å²) in [6.45, 7) is 1.44. The molecule has 0 bridgehead atoms. The minimum atomic E-state index is -4.55. The van der Waals surface area contributed by atoms with E-state index in [1.165, 1.54) is 19.1 Å². The highest BCUT2D eigenvalue weighted by Gasteiger charge is 2.69. The zero-order valence-corrected chi connectivity index (χ0v) is 14.1. The van der Waals surface area contributed by atoms with Crippen molar-refractivity contribution in [2.24, 2.45) is 0 Å². The third kappa shape index (κ3) is 2.34. The topological polar surface area (TPSA) is 55.8 Å². The fourth-order valence-electron chi connectivity index (χ4n) is 3.31. The number of carbonyl (C=O) groups is 1. The summed E-state index contributed by atoms with van der Waals surface area (Å²) < 4.78 is 49.9. The van der Waals surface area contributed by atoms with Crippen LogP contribution < -0.4 is 9.47 Å². The Kier molecular flexibility index (Phi) is 3.47. The molecule has 2 unspecified atom stereocenters. The van der Waals surface area contributed by atoms with Crippen LogP contribution in [0, 0.1) is 6.92 Å². The molecule has 8 heteroatoms. The van der Waals surface area contributed by atoms with Gasteiger partial charge in [0.2, 0.25) is 0 Å². The smallest absolute Gasteiger partial charge is 0.417 e.